The van der Waals surface area contributed by atoms with E-state index in [1.165, 1.54) is 24.3 Å². The van der Waals surface area contributed by atoms with Crippen molar-refractivity contribution in [2.75, 3.05) is 25.5 Å². The van der Waals surface area contributed by atoms with Gasteiger partial charge in [0, 0.05) is 24.3 Å². The Morgan fingerprint density at radius 3 is 2.33 bits per heavy atom. The second kappa shape index (κ2) is 12.2. The van der Waals surface area contributed by atoms with E-state index in [0.717, 1.165) is 23.6 Å². The van der Waals surface area contributed by atoms with E-state index < -0.39 is 29.6 Å². The quantitative estimate of drug-likeness (QED) is 0.227. The molecule has 1 aromatic heterocycles. The number of benzene rings is 3. The lowest BCUT2D eigenvalue weighted by Crippen LogP contribution is -2.41. The van der Waals surface area contributed by atoms with E-state index in [1.54, 1.807) is 37.4 Å². The normalized spacial score (nSPS) is 11.9. The van der Waals surface area contributed by atoms with Gasteiger partial charge < -0.3 is 25.1 Å². The van der Waals surface area contributed by atoms with Gasteiger partial charge in [-0.1, -0.05) is 42.5 Å². The van der Waals surface area contributed by atoms with Crippen LogP contribution in [0.1, 0.15) is 27.7 Å². The molecule has 0 saturated heterocycles. The monoisotopic (exact) mass is 537 g/mol. The Kier molecular flexibility index (Phi) is 8.55. The van der Waals surface area contributed by atoms with Crippen LogP contribution in [0.2, 0.25) is 0 Å². The number of carbonyl (C=O) groups excluding carboxylic acids is 2. The summed E-state index contributed by atoms with van der Waals surface area (Å²) in [5.41, 5.74) is 0.749. The summed E-state index contributed by atoms with van der Waals surface area (Å²) in [6, 6.07) is 22.4. The molecule has 4 aromatic rings. The molecule has 0 fully saturated rings. The number of rotatable bonds is 10. The SMILES string of the molecule is COc1ccc(NCCNC(=O)C(NC(=O)c2ccc(-c3cccc(C(F)(F)F)c3)o2)c2ccccc2)cc1. The van der Waals surface area contributed by atoms with Gasteiger partial charge in [0.15, 0.2) is 5.76 Å². The summed E-state index contributed by atoms with van der Waals surface area (Å²) in [7, 11) is 1.58. The molecule has 202 valence electrons. The third-order valence-electron chi connectivity index (χ3n) is 5.82. The van der Waals surface area contributed by atoms with Gasteiger partial charge in [-0.25, -0.2) is 0 Å². The van der Waals surface area contributed by atoms with Crippen molar-refractivity contribution in [1.82, 2.24) is 10.6 Å². The molecule has 0 saturated carbocycles. The summed E-state index contributed by atoms with van der Waals surface area (Å²) in [5.74, 6) is -0.438. The summed E-state index contributed by atoms with van der Waals surface area (Å²) in [6.45, 7) is 0.719. The predicted octanol–water partition coefficient (Wildman–Crippen LogP) is 5.67. The van der Waals surface area contributed by atoms with Gasteiger partial charge in [0.05, 0.1) is 12.7 Å². The molecule has 0 spiro atoms. The van der Waals surface area contributed by atoms with Crippen LogP contribution in [0.4, 0.5) is 18.9 Å². The number of alkyl halides is 3. The second-order valence-electron chi connectivity index (χ2n) is 8.51. The standard InChI is InChI=1S/C29H26F3N3O4/c1-38-23-12-10-22(11-13-23)33-16-17-34-28(37)26(19-6-3-2-4-7-19)35-27(36)25-15-14-24(39-25)20-8-5-9-21(18-20)29(30,31)32/h2-15,18,26,33H,16-17H2,1H3,(H,34,37)(H,35,36). The number of carbonyl (C=O) groups is 2. The van der Waals surface area contributed by atoms with Crippen molar-refractivity contribution in [3.8, 4) is 17.1 Å². The van der Waals surface area contributed by atoms with Crippen molar-refractivity contribution in [2.24, 2.45) is 0 Å². The highest BCUT2D eigenvalue weighted by Crippen LogP contribution is 2.32. The lowest BCUT2D eigenvalue weighted by Gasteiger charge is -2.18. The van der Waals surface area contributed by atoms with E-state index in [9.17, 15) is 22.8 Å². The van der Waals surface area contributed by atoms with Crippen molar-refractivity contribution >= 4 is 17.5 Å². The van der Waals surface area contributed by atoms with Gasteiger partial charge in [-0.3, -0.25) is 9.59 Å². The molecule has 2 amide bonds. The second-order valence-corrected chi connectivity index (χ2v) is 8.51. The van der Waals surface area contributed by atoms with Gasteiger partial charge in [-0.2, -0.15) is 13.2 Å². The largest absolute Gasteiger partial charge is 0.497 e. The minimum atomic E-state index is -4.51. The maximum absolute atomic E-state index is 13.1. The highest BCUT2D eigenvalue weighted by atomic mass is 19.4. The molecule has 0 aliphatic carbocycles. The molecule has 1 atom stereocenters. The number of halogens is 3. The van der Waals surface area contributed by atoms with E-state index in [1.807, 2.05) is 24.3 Å². The van der Waals surface area contributed by atoms with Gasteiger partial charge >= 0.3 is 6.18 Å². The minimum absolute atomic E-state index is 0.0940. The first-order valence-corrected chi connectivity index (χ1v) is 12.0. The van der Waals surface area contributed by atoms with Crippen molar-refractivity contribution in [3.05, 3.63) is 108 Å². The van der Waals surface area contributed by atoms with Crippen LogP contribution in [-0.4, -0.2) is 32.0 Å². The third kappa shape index (κ3) is 7.19. The molecular formula is C29H26F3N3O4. The summed E-state index contributed by atoms with van der Waals surface area (Å²) >= 11 is 0. The number of hydrogen-bond acceptors (Lipinski definition) is 5. The Bertz CT molecular complexity index is 1400. The lowest BCUT2D eigenvalue weighted by molar-refractivity contribution is -0.137. The van der Waals surface area contributed by atoms with Crippen LogP contribution in [-0.2, 0) is 11.0 Å². The van der Waals surface area contributed by atoms with Crippen molar-refractivity contribution in [2.45, 2.75) is 12.2 Å². The topological polar surface area (TPSA) is 92.6 Å². The molecule has 3 aromatic carbocycles. The Morgan fingerprint density at radius 1 is 0.897 bits per heavy atom. The van der Waals surface area contributed by atoms with Gasteiger partial charge in [-0.05, 0) is 54.1 Å². The first-order chi connectivity index (χ1) is 18.7. The molecule has 1 heterocycles. The molecule has 3 N–H and O–H groups in total. The number of amides is 2. The molecule has 1 unspecified atom stereocenters. The highest BCUT2D eigenvalue weighted by Gasteiger charge is 2.31. The molecular weight excluding hydrogens is 511 g/mol. The zero-order valence-corrected chi connectivity index (χ0v) is 20.9. The molecule has 0 bridgehead atoms. The fourth-order valence-corrected chi connectivity index (χ4v) is 3.82. The number of furan rings is 1. The number of nitrogens with one attached hydrogen (secondary N) is 3. The maximum atomic E-state index is 13.1. The summed E-state index contributed by atoms with van der Waals surface area (Å²) in [4.78, 5) is 26.0. The van der Waals surface area contributed by atoms with Crippen LogP contribution in [0.15, 0.2) is 95.4 Å². The van der Waals surface area contributed by atoms with Gasteiger partial charge in [0.2, 0.25) is 5.91 Å². The highest BCUT2D eigenvalue weighted by molar-refractivity contribution is 5.96. The van der Waals surface area contributed by atoms with Gasteiger partial charge in [-0.15, -0.1) is 0 Å². The van der Waals surface area contributed by atoms with E-state index in [0.29, 0.717) is 12.1 Å². The zero-order valence-electron chi connectivity index (χ0n) is 20.9. The predicted molar refractivity (Wildman–Crippen MR) is 140 cm³/mol. The third-order valence-corrected chi connectivity index (χ3v) is 5.82. The van der Waals surface area contributed by atoms with Gasteiger partial charge in [0.25, 0.3) is 5.91 Å². The summed E-state index contributed by atoms with van der Waals surface area (Å²) < 4.78 is 49.9. The Labute approximate surface area is 223 Å². The Balaban J connectivity index is 1.41. The Hall–Kier alpha value is -4.73. The summed E-state index contributed by atoms with van der Waals surface area (Å²) in [5, 5.41) is 8.65. The van der Waals surface area contributed by atoms with Crippen molar-refractivity contribution in [1.29, 1.82) is 0 Å². The molecule has 0 radical (unpaired) electrons. The van der Waals surface area contributed by atoms with Gasteiger partial charge in [0.1, 0.15) is 17.6 Å². The van der Waals surface area contributed by atoms with Crippen molar-refractivity contribution < 1.29 is 31.9 Å². The van der Waals surface area contributed by atoms with Crippen molar-refractivity contribution in [3.63, 3.8) is 0 Å². The van der Waals surface area contributed by atoms with E-state index in [4.69, 9.17) is 9.15 Å². The van der Waals surface area contributed by atoms with E-state index >= 15 is 0 Å². The molecule has 0 aliphatic rings. The van der Waals surface area contributed by atoms with Crippen LogP contribution in [0, 0.1) is 0 Å². The average Bonchev–Trinajstić information content (AvgIpc) is 3.45. The summed E-state index contributed by atoms with van der Waals surface area (Å²) in [6.07, 6.45) is -4.51. The van der Waals surface area contributed by atoms with E-state index in [2.05, 4.69) is 16.0 Å². The molecule has 4 rings (SSSR count). The molecule has 39 heavy (non-hydrogen) atoms. The molecule has 7 nitrogen and oxygen atoms in total. The van der Waals surface area contributed by atoms with Crippen LogP contribution in [0.3, 0.4) is 0 Å². The number of ether oxygens (including phenoxy) is 1. The van der Waals surface area contributed by atoms with Crippen LogP contribution < -0.4 is 20.7 Å². The zero-order chi connectivity index (χ0) is 27.8. The maximum Gasteiger partial charge on any atom is 0.416 e. The first-order valence-electron chi connectivity index (χ1n) is 12.0. The first kappa shape index (κ1) is 27.3. The minimum Gasteiger partial charge on any atom is -0.497 e. The van der Waals surface area contributed by atoms with Crippen LogP contribution >= 0.6 is 0 Å². The Morgan fingerprint density at radius 2 is 1.64 bits per heavy atom. The number of methoxy groups -OCH3 is 1. The number of hydrogen-bond donors (Lipinski definition) is 3. The fourth-order valence-electron chi connectivity index (χ4n) is 3.82. The van der Waals surface area contributed by atoms with Crippen LogP contribution in [0.5, 0.6) is 5.75 Å². The van der Waals surface area contributed by atoms with Crippen LogP contribution in [0.25, 0.3) is 11.3 Å². The molecule has 10 heteroatoms. The average molecular weight is 538 g/mol. The fraction of sp³-hybridized carbons (Fsp3) is 0.172. The smallest absolute Gasteiger partial charge is 0.416 e. The number of anilines is 1. The lowest BCUT2D eigenvalue weighted by atomic mass is 10.1. The van der Waals surface area contributed by atoms with E-state index in [-0.39, 0.29) is 23.6 Å². The molecule has 0 aliphatic heterocycles.